The summed E-state index contributed by atoms with van der Waals surface area (Å²) in [6, 6.07) is 8.16. The number of nitriles is 1. The van der Waals surface area contributed by atoms with Crippen molar-refractivity contribution in [1.29, 1.82) is 5.26 Å². The number of hydrogen-bond donors (Lipinski definition) is 1. The lowest BCUT2D eigenvalue weighted by molar-refractivity contribution is 0.101. The second-order valence-electron chi connectivity index (χ2n) is 3.40. The molecule has 0 fully saturated rings. The molecule has 2 rings (SSSR count). The van der Waals surface area contributed by atoms with Crippen LogP contribution in [-0.4, -0.2) is 15.5 Å². The molecular weight excluding hydrogens is 274 g/mol. The molecule has 0 spiro atoms. The number of halogens is 2. The molecule has 0 aliphatic rings. The summed E-state index contributed by atoms with van der Waals surface area (Å²) in [6.07, 6.45) is -2.87. The standard InChI is InChI=1S/C11H6F2N4OS/c12-10(13)8-9(19-17-16-8)11(18)15-7-4-2-1-3-6(7)5-14/h1-4,10H,(H,15,18). The van der Waals surface area contributed by atoms with Crippen LogP contribution in [0.3, 0.4) is 0 Å². The maximum Gasteiger partial charge on any atom is 0.283 e. The number of hydrogen-bond acceptors (Lipinski definition) is 5. The van der Waals surface area contributed by atoms with E-state index in [1.165, 1.54) is 12.1 Å². The molecule has 1 amide bonds. The number of carbonyl (C=O) groups is 1. The molecule has 0 saturated heterocycles. The number of nitrogens with one attached hydrogen (secondary N) is 1. The molecule has 1 aromatic heterocycles. The van der Waals surface area contributed by atoms with E-state index in [4.69, 9.17) is 5.26 Å². The summed E-state index contributed by atoms with van der Waals surface area (Å²) in [6.45, 7) is 0. The van der Waals surface area contributed by atoms with Gasteiger partial charge < -0.3 is 5.32 Å². The number of aromatic nitrogens is 2. The Morgan fingerprint density at radius 1 is 1.42 bits per heavy atom. The van der Waals surface area contributed by atoms with Gasteiger partial charge in [0.25, 0.3) is 12.3 Å². The van der Waals surface area contributed by atoms with Crippen LogP contribution in [0, 0.1) is 11.3 Å². The van der Waals surface area contributed by atoms with Gasteiger partial charge in [0.1, 0.15) is 10.9 Å². The van der Waals surface area contributed by atoms with Crippen molar-refractivity contribution in [3.63, 3.8) is 0 Å². The Labute approximate surface area is 110 Å². The largest absolute Gasteiger partial charge is 0.320 e. The van der Waals surface area contributed by atoms with Crippen molar-refractivity contribution in [2.45, 2.75) is 6.43 Å². The lowest BCUT2D eigenvalue weighted by atomic mass is 10.2. The number of rotatable bonds is 3. The molecule has 2 aromatic rings. The van der Waals surface area contributed by atoms with Crippen molar-refractivity contribution in [3.05, 3.63) is 40.4 Å². The minimum Gasteiger partial charge on any atom is -0.320 e. The van der Waals surface area contributed by atoms with Crippen LogP contribution in [0.1, 0.15) is 27.4 Å². The van der Waals surface area contributed by atoms with Gasteiger partial charge in [-0.15, -0.1) is 5.10 Å². The van der Waals surface area contributed by atoms with E-state index in [9.17, 15) is 13.6 Å². The van der Waals surface area contributed by atoms with Gasteiger partial charge in [0.2, 0.25) is 0 Å². The summed E-state index contributed by atoms with van der Waals surface area (Å²) in [5.74, 6) is -0.756. The molecule has 0 atom stereocenters. The molecular formula is C11H6F2N4OS. The molecule has 8 heteroatoms. The van der Waals surface area contributed by atoms with Crippen molar-refractivity contribution in [1.82, 2.24) is 9.59 Å². The highest BCUT2D eigenvalue weighted by molar-refractivity contribution is 7.08. The summed E-state index contributed by atoms with van der Waals surface area (Å²) in [5, 5.41) is 14.5. The minimum atomic E-state index is -2.87. The molecule has 0 radical (unpaired) electrons. The lowest BCUT2D eigenvalue weighted by Crippen LogP contribution is -2.13. The predicted molar refractivity (Wildman–Crippen MR) is 64.0 cm³/mol. The summed E-state index contributed by atoms with van der Waals surface area (Å²) < 4.78 is 28.5. The molecule has 1 heterocycles. The summed E-state index contributed by atoms with van der Waals surface area (Å²) in [5.41, 5.74) is -0.160. The van der Waals surface area contributed by atoms with Gasteiger partial charge in [0.15, 0.2) is 5.69 Å². The van der Waals surface area contributed by atoms with Gasteiger partial charge in [-0.1, -0.05) is 16.6 Å². The molecule has 19 heavy (non-hydrogen) atoms. The van der Waals surface area contributed by atoms with Crippen molar-refractivity contribution in [2.24, 2.45) is 0 Å². The smallest absolute Gasteiger partial charge is 0.283 e. The molecule has 5 nitrogen and oxygen atoms in total. The van der Waals surface area contributed by atoms with Crippen LogP contribution in [0.2, 0.25) is 0 Å². The molecule has 1 aromatic carbocycles. The highest BCUT2D eigenvalue weighted by Crippen LogP contribution is 2.24. The average Bonchev–Trinajstić information content (AvgIpc) is 2.88. The molecule has 0 aliphatic heterocycles. The maximum atomic E-state index is 12.6. The highest BCUT2D eigenvalue weighted by Gasteiger charge is 2.23. The monoisotopic (exact) mass is 280 g/mol. The number of nitrogens with zero attached hydrogens (tertiary/aromatic N) is 3. The summed E-state index contributed by atoms with van der Waals surface area (Å²) in [4.78, 5) is 11.6. The predicted octanol–water partition coefficient (Wildman–Crippen LogP) is 2.60. The zero-order valence-electron chi connectivity index (χ0n) is 9.30. The van der Waals surface area contributed by atoms with Crippen LogP contribution in [0.25, 0.3) is 0 Å². The Hall–Kier alpha value is -2.40. The van der Waals surface area contributed by atoms with Crippen molar-refractivity contribution in [2.75, 3.05) is 5.32 Å². The van der Waals surface area contributed by atoms with E-state index in [1.807, 2.05) is 6.07 Å². The highest BCUT2D eigenvalue weighted by atomic mass is 32.1. The summed E-state index contributed by atoms with van der Waals surface area (Å²) in [7, 11) is 0. The normalized spacial score (nSPS) is 10.2. The quantitative estimate of drug-likeness (QED) is 0.937. The molecule has 0 bridgehead atoms. The fraction of sp³-hybridized carbons (Fsp3) is 0.0909. The molecule has 0 saturated carbocycles. The fourth-order valence-corrected chi connectivity index (χ4v) is 1.93. The van der Waals surface area contributed by atoms with Gasteiger partial charge in [-0.2, -0.15) is 5.26 Å². The Balaban J connectivity index is 2.27. The first kappa shape index (κ1) is 13.0. The second-order valence-corrected chi connectivity index (χ2v) is 4.15. The Morgan fingerprint density at radius 2 is 2.16 bits per heavy atom. The number of carbonyl (C=O) groups excluding carboxylic acids is 1. The molecule has 0 aliphatic carbocycles. The van der Waals surface area contributed by atoms with Crippen molar-refractivity contribution in [3.8, 4) is 6.07 Å². The first-order valence-electron chi connectivity index (χ1n) is 5.04. The third-order valence-electron chi connectivity index (χ3n) is 2.22. The number of amides is 1. The van der Waals surface area contributed by atoms with Gasteiger partial charge in [-0.3, -0.25) is 4.79 Å². The second kappa shape index (κ2) is 5.49. The van der Waals surface area contributed by atoms with Gasteiger partial charge >= 0.3 is 0 Å². The topological polar surface area (TPSA) is 78.7 Å². The van der Waals surface area contributed by atoms with Crippen LogP contribution in [0.15, 0.2) is 24.3 Å². The van der Waals surface area contributed by atoms with Gasteiger partial charge in [-0.05, 0) is 23.7 Å². The van der Waals surface area contributed by atoms with E-state index < -0.39 is 18.0 Å². The molecule has 1 N–H and O–H groups in total. The maximum absolute atomic E-state index is 12.6. The minimum absolute atomic E-state index is 0.243. The molecule has 0 unspecified atom stereocenters. The summed E-state index contributed by atoms with van der Waals surface area (Å²) >= 11 is 0.583. The van der Waals surface area contributed by atoms with E-state index in [0.717, 1.165) is 0 Å². The van der Waals surface area contributed by atoms with E-state index in [1.54, 1.807) is 12.1 Å². The first-order chi connectivity index (χ1) is 9.13. The van der Waals surface area contributed by atoms with Gasteiger partial charge in [-0.25, -0.2) is 8.78 Å². The Morgan fingerprint density at radius 3 is 2.84 bits per heavy atom. The first-order valence-corrected chi connectivity index (χ1v) is 5.81. The Kier molecular flexibility index (Phi) is 3.77. The van der Waals surface area contributed by atoms with Crippen LogP contribution in [0.5, 0.6) is 0 Å². The Bertz CT molecular complexity index is 650. The average molecular weight is 280 g/mol. The van der Waals surface area contributed by atoms with E-state index in [0.29, 0.717) is 11.5 Å². The fourth-order valence-electron chi connectivity index (χ4n) is 1.37. The number of benzene rings is 1. The zero-order valence-corrected chi connectivity index (χ0v) is 10.1. The van der Waals surface area contributed by atoms with Crippen molar-refractivity contribution >= 4 is 23.1 Å². The van der Waals surface area contributed by atoms with Crippen LogP contribution in [-0.2, 0) is 0 Å². The van der Waals surface area contributed by atoms with E-state index in [2.05, 4.69) is 14.9 Å². The number of para-hydroxylation sites is 1. The van der Waals surface area contributed by atoms with Crippen molar-refractivity contribution < 1.29 is 13.6 Å². The van der Waals surface area contributed by atoms with E-state index >= 15 is 0 Å². The molecule has 96 valence electrons. The van der Waals surface area contributed by atoms with Crippen LogP contribution in [0.4, 0.5) is 14.5 Å². The van der Waals surface area contributed by atoms with E-state index in [-0.39, 0.29) is 16.1 Å². The zero-order chi connectivity index (χ0) is 13.8. The lowest BCUT2D eigenvalue weighted by Gasteiger charge is -2.05. The van der Waals surface area contributed by atoms with Crippen LogP contribution >= 0.6 is 11.5 Å². The third kappa shape index (κ3) is 2.71. The SMILES string of the molecule is N#Cc1ccccc1NC(=O)c1snnc1C(F)F. The van der Waals surface area contributed by atoms with Gasteiger partial charge in [0.05, 0.1) is 11.3 Å². The number of alkyl halides is 2. The van der Waals surface area contributed by atoms with Crippen LogP contribution < -0.4 is 5.32 Å². The van der Waals surface area contributed by atoms with Gasteiger partial charge in [0, 0.05) is 0 Å². The number of anilines is 1. The third-order valence-corrected chi connectivity index (χ3v) is 2.96.